The predicted molar refractivity (Wildman–Crippen MR) is 87.2 cm³/mol. The van der Waals surface area contributed by atoms with E-state index < -0.39 is 22.1 Å². The Morgan fingerprint density at radius 1 is 1.12 bits per heavy atom. The molecule has 1 aromatic carbocycles. The van der Waals surface area contributed by atoms with Gasteiger partial charge >= 0.3 is 12.1 Å². The summed E-state index contributed by atoms with van der Waals surface area (Å²) in [5.74, 6) is -1.87. The van der Waals surface area contributed by atoms with Crippen molar-refractivity contribution in [3.63, 3.8) is 0 Å². The van der Waals surface area contributed by atoms with Gasteiger partial charge in [0.05, 0.1) is 0 Å². The van der Waals surface area contributed by atoms with Gasteiger partial charge in [-0.25, -0.2) is 8.42 Å². The Hall–Kier alpha value is -2.20. The summed E-state index contributed by atoms with van der Waals surface area (Å²) in [5, 5.41) is 7.60. The van der Waals surface area contributed by atoms with E-state index in [1.54, 1.807) is 24.3 Å². The predicted octanol–water partition coefficient (Wildman–Crippen LogP) is 3.27. The lowest BCUT2D eigenvalue weighted by atomic mass is 9.98. The van der Waals surface area contributed by atoms with Crippen molar-refractivity contribution < 1.29 is 26.0 Å². The fraction of sp³-hybridized carbons (Fsp3) is 0.375. The normalized spacial score (nSPS) is 17.8. The molecule has 10 heteroatoms. The molecule has 1 saturated heterocycles. The first-order valence-electron chi connectivity index (χ1n) is 7.89. The largest absolute Gasteiger partial charge is 0.470 e. The van der Waals surface area contributed by atoms with Gasteiger partial charge in [0.2, 0.25) is 15.9 Å². The Bertz CT molecular complexity index is 871. The molecule has 140 valence electrons. The number of hydrogen-bond acceptors (Lipinski definition) is 5. The quantitative estimate of drug-likeness (QED) is 0.805. The molecule has 0 radical (unpaired) electrons. The lowest BCUT2D eigenvalue weighted by molar-refractivity contribution is -0.157. The molecule has 0 N–H and O–H groups in total. The summed E-state index contributed by atoms with van der Waals surface area (Å²) in [6.45, 7) is 0.353. The van der Waals surface area contributed by atoms with Crippen molar-refractivity contribution in [1.29, 1.82) is 0 Å². The second kappa shape index (κ2) is 7.20. The van der Waals surface area contributed by atoms with Crippen molar-refractivity contribution in [2.75, 3.05) is 13.1 Å². The number of halogens is 3. The van der Waals surface area contributed by atoms with Crippen molar-refractivity contribution in [1.82, 2.24) is 14.5 Å². The molecule has 0 aliphatic carbocycles. The van der Waals surface area contributed by atoms with Crippen LogP contribution in [0.25, 0.3) is 6.08 Å². The molecule has 2 aromatic rings. The molecule has 0 saturated carbocycles. The minimum Gasteiger partial charge on any atom is -0.417 e. The molecule has 0 bridgehead atoms. The first-order valence-corrected chi connectivity index (χ1v) is 9.40. The van der Waals surface area contributed by atoms with Gasteiger partial charge < -0.3 is 4.42 Å². The van der Waals surface area contributed by atoms with Crippen LogP contribution < -0.4 is 0 Å². The summed E-state index contributed by atoms with van der Waals surface area (Å²) < 4.78 is 68.3. The highest BCUT2D eigenvalue weighted by atomic mass is 32.2. The van der Waals surface area contributed by atoms with E-state index >= 15 is 0 Å². The Labute approximate surface area is 148 Å². The number of hydrogen-bond donors (Lipinski definition) is 0. The molecule has 26 heavy (non-hydrogen) atoms. The Morgan fingerprint density at radius 3 is 2.35 bits per heavy atom. The van der Waals surface area contributed by atoms with Gasteiger partial charge in [-0.2, -0.15) is 17.5 Å². The molecule has 6 nitrogen and oxygen atoms in total. The molecular weight excluding hydrogens is 371 g/mol. The minimum absolute atomic E-state index is 0.103. The zero-order valence-electron chi connectivity index (χ0n) is 13.6. The second-order valence-corrected chi connectivity index (χ2v) is 7.69. The van der Waals surface area contributed by atoms with Gasteiger partial charge in [-0.3, -0.25) is 0 Å². The van der Waals surface area contributed by atoms with Gasteiger partial charge in [-0.05, 0) is 24.5 Å². The molecule has 0 unspecified atom stereocenters. The number of piperidine rings is 1. The lowest BCUT2D eigenvalue weighted by Crippen LogP contribution is -2.36. The molecule has 1 aromatic heterocycles. The van der Waals surface area contributed by atoms with E-state index in [2.05, 4.69) is 14.6 Å². The van der Waals surface area contributed by atoms with Crippen LogP contribution in [-0.2, 0) is 16.2 Å². The van der Waals surface area contributed by atoms with Crippen molar-refractivity contribution in [2.45, 2.75) is 24.9 Å². The van der Waals surface area contributed by atoms with Crippen molar-refractivity contribution in [3.05, 3.63) is 53.1 Å². The van der Waals surface area contributed by atoms with Crippen LogP contribution in [0.5, 0.6) is 0 Å². The number of alkyl halides is 3. The van der Waals surface area contributed by atoms with Crippen LogP contribution in [0.2, 0.25) is 0 Å². The zero-order valence-corrected chi connectivity index (χ0v) is 14.4. The van der Waals surface area contributed by atoms with Crippen LogP contribution in [0.3, 0.4) is 0 Å². The maximum Gasteiger partial charge on any atom is 0.470 e. The van der Waals surface area contributed by atoms with Crippen molar-refractivity contribution in [2.24, 2.45) is 0 Å². The second-order valence-electron chi connectivity index (χ2n) is 5.87. The molecule has 1 aliphatic heterocycles. The molecule has 3 rings (SSSR count). The summed E-state index contributed by atoms with van der Waals surface area (Å²) in [6, 6.07) is 9.01. The summed E-state index contributed by atoms with van der Waals surface area (Å²) in [4.78, 5) is 0. The van der Waals surface area contributed by atoms with E-state index in [0.29, 0.717) is 12.8 Å². The van der Waals surface area contributed by atoms with Gasteiger partial charge in [0.1, 0.15) is 0 Å². The third-order valence-corrected chi connectivity index (χ3v) is 5.64. The first kappa shape index (κ1) is 18.6. The monoisotopic (exact) mass is 387 g/mol. The highest BCUT2D eigenvalue weighted by Gasteiger charge is 2.39. The van der Waals surface area contributed by atoms with Crippen LogP contribution in [0.15, 0.2) is 40.2 Å². The smallest absolute Gasteiger partial charge is 0.417 e. The van der Waals surface area contributed by atoms with Gasteiger partial charge in [0.25, 0.3) is 0 Å². The van der Waals surface area contributed by atoms with E-state index in [1.807, 2.05) is 6.07 Å². The van der Waals surface area contributed by atoms with Gasteiger partial charge in [0, 0.05) is 24.4 Å². The maximum atomic E-state index is 12.5. The van der Waals surface area contributed by atoms with Gasteiger partial charge in [0.15, 0.2) is 0 Å². The van der Waals surface area contributed by atoms with E-state index in [-0.39, 0.29) is 24.9 Å². The van der Waals surface area contributed by atoms with Crippen LogP contribution in [-0.4, -0.2) is 36.0 Å². The molecule has 0 spiro atoms. The number of rotatable bonds is 4. The van der Waals surface area contributed by atoms with Crippen LogP contribution in [0.4, 0.5) is 13.2 Å². The summed E-state index contributed by atoms with van der Waals surface area (Å²) in [7, 11) is -3.60. The Balaban J connectivity index is 1.62. The standard InChI is InChI=1S/C16H16F3N3O3S/c17-16(18,19)15-21-20-14(25-15)13-6-9-22(10-7-13)26(23,24)11-8-12-4-2-1-3-5-12/h1-5,8,11,13H,6-7,9-10H2/b11-8+. The van der Waals surface area contributed by atoms with E-state index in [1.165, 1.54) is 10.4 Å². The molecule has 0 atom stereocenters. The van der Waals surface area contributed by atoms with Crippen molar-refractivity contribution in [3.8, 4) is 0 Å². The maximum absolute atomic E-state index is 12.5. The topological polar surface area (TPSA) is 76.3 Å². The average molecular weight is 387 g/mol. The third-order valence-electron chi connectivity index (χ3n) is 4.08. The average Bonchev–Trinajstić information content (AvgIpc) is 3.12. The third kappa shape index (κ3) is 4.31. The van der Waals surface area contributed by atoms with E-state index in [9.17, 15) is 21.6 Å². The van der Waals surface area contributed by atoms with E-state index in [0.717, 1.165) is 11.0 Å². The molecule has 0 amide bonds. The van der Waals surface area contributed by atoms with Crippen LogP contribution in [0.1, 0.15) is 36.1 Å². The highest BCUT2D eigenvalue weighted by molar-refractivity contribution is 7.92. The Kier molecular flexibility index (Phi) is 5.15. The number of aromatic nitrogens is 2. The molecular formula is C16H16F3N3O3S. The minimum atomic E-state index is -4.68. The molecule has 1 fully saturated rings. The van der Waals surface area contributed by atoms with Gasteiger partial charge in [-0.15, -0.1) is 10.2 Å². The first-order chi connectivity index (χ1) is 12.3. The number of sulfonamides is 1. The highest BCUT2D eigenvalue weighted by Crippen LogP contribution is 2.33. The number of benzene rings is 1. The van der Waals surface area contributed by atoms with Crippen LogP contribution in [0, 0.1) is 0 Å². The molecule has 2 heterocycles. The molecule has 1 aliphatic rings. The van der Waals surface area contributed by atoms with Crippen LogP contribution >= 0.6 is 0 Å². The van der Waals surface area contributed by atoms with Gasteiger partial charge in [-0.1, -0.05) is 30.3 Å². The fourth-order valence-corrected chi connectivity index (χ4v) is 3.91. The SMILES string of the molecule is O=S(=O)(/C=C/c1ccccc1)N1CCC(c2nnc(C(F)(F)F)o2)CC1. The summed E-state index contributed by atoms with van der Waals surface area (Å²) in [6.07, 6.45) is -2.54. The number of nitrogens with zero attached hydrogens (tertiary/aromatic N) is 3. The zero-order chi connectivity index (χ0) is 18.8. The Morgan fingerprint density at radius 2 is 1.77 bits per heavy atom. The lowest BCUT2D eigenvalue weighted by Gasteiger charge is -2.28. The van der Waals surface area contributed by atoms with Crippen molar-refractivity contribution >= 4 is 16.1 Å². The van der Waals surface area contributed by atoms with E-state index in [4.69, 9.17) is 0 Å². The fourth-order valence-electron chi connectivity index (χ4n) is 2.69. The summed E-state index contributed by atoms with van der Waals surface area (Å²) in [5.41, 5.74) is 0.761. The summed E-state index contributed by atoms with van der Waals surface area (Å²) >= 11 is 0.